The Morgan fingerprint density at radius 2 is 2.06 bits per heavy atom. The van der Waals surface area contributed by atoms with E-state index in [1.165, 1.54) is 5.56 Å². The van der Waals surface area contributed by atoms with Gasteiger partial charge >= 0.3 is 0 Å². The van der Waals surface area contributed by atoms with Crippen LogP contribution in [0.25, 0.3) is 11.2 Å². The molecule has 5 rings (SSSR count). The van der Waals surface area contributed by atoms with Crippen LogP contribution >= 0.6 is 0 Å². The molecule has 2 aliphatic heterocycles. The number of pyridine rings is 2. The van der Waals surface area contributed by atoms with Gasteiger partial charge in [-0.05, 0) is 56.5 Å². The predicted octanol–water partition coefficient (Wildman–Crippen LogP) is 1.77. The van der Waals surface area contributed by atoms with Gasteiger partial charge in [0, 0.05) is 31.7 Å². The van der Waals surface area contributed by atoms with Crippen LogP contribution in [0.3, 0.4) is 0 Å². The molecule has 33 heavy (non-hydrogen) atoms. The number of piperidine rings is 1. The van der Waals surface area contributed by atoms with E-state index in [0.717, 1.165) is 69.9 Å². The lowest BCUT2D eigenvalue weighted by Crippen LogP contribution is -2.43. The number of likely N-dealkylation sites (tertiary alicyclic amines) is 1. The molecule has 1 N–H and O–H groups in total. The summed E-state index contributed by atoms with van der Waals surface area (Å²) in [4.78, 5) is 28.2. The second kappa shape index (κ2) is 9.84. The summed E-state index contributed by atoms with van der Waals surface area (Å²) in [6.45, 7) is 4.95. The summed E-state index contributed by atoms with van der Waals surface area (Å²) in [5, 5.41) is 3.67. The first-order valence-corrected chi connectivity index (χ1v) is 11.7. The molecule has 9 nitrogen and oxygen atoms in total. The molecule has 0 bridgehead atoms. The maximum absolute atomic E-state index is 12.5. The van der Waals surface area contributed by atoms with E-state index in [2.05, 4.69) is 31.2 Å². The van der Waals surface area contributed by atoms with Crippen molar-refractivity contribution in [2.75, 3.05) is 33.4 Å². The molecule has 0 saturated carbocycles. The fourth-order valence-corrected chi connectivity index (χ4v) is 4.60. The molecular weight excluding hydrogens is 420 g/mol. The smallest absolute Gasteiger partial charge is 0.252 e. The van der Waals surface area contributed by atoms with Crippen LogP contribution in [0.15, 0.2) is 35.4 Å². The third-order valence-electron chi connectivity index (χ3n) is 6.53. The Labute approximate surface area is 192 Å². The van der Waals surface area contributed by atoms with Gasteiger partial charge in [-0.3, -0.25) is 14.3 Å². The largest absolute Gasteiger partial charge is 0.492 e. The van der Waals surface area contributed by atoms with E-state index in [1.54, 1.807) is 30.0 Å². The first-order chi connectivity index (χ1) is 16.2. The van der Waals surface area contributed by atoms with Gasteiger partial charge in [-0.1, -0.05) is 0 Å². The number of ether oxygens (including phenoxy) is 2. The summed E-state index contributed by atoms with van der Waals surface area (Å²) in [6.07, 6.45) is 7.73. The van der Waals surface area contributed by atoms with E-state index >= 15 is 0 Å². The molecule has 0 radical (unpaired) electrons. The van der Waals surface area contributed by atoms with E-state index in [1.807, 2.05) is 6.20 Å². The Kier molecular flexibility index (Phi) is 6.50. The molecule has 5 heterocycles. The van der Waals surface area contributed by atoms with Gasteiger partial charge in [0.15, 0.2) is 5.65 Å². The molecule has 0 atom stereocenters. The van der Waals surface area contributed by atoms with Crippen LogP contribution in [0.1, 0.15) is 30.5 Å². The Bertz CT molecular complexity index is 1170. The summed E-state index contributed by atoms with van der Waals surface area (Å²) in [6, 6.07) is 5.92. The van der Waals surface area contributed by atoms with Gasteiger partial charge in [0.2, 0.25) is 5.88 Å². The number of hydrogen-bond donors (Lipinski definition) is 1. The minimum atomic E-state index is -0.0652. The summed E-state index contributed by atoms with van der Waals surface area (Å²) in [7, 11) is 1.55. The zero-order valence-corrected chi connectivity index (χ0v) is 19.0. The van der Waals surface area contributed by atoms with E-state index in [0.29, 0.717) is 29.6 Å². The van der Waals surface area contributed by atoms with Gasteiger partial charge in [0.25, 0.3) is 5.56 Å². The average molecular weight is 451 g/mol. The molecule has 0 amide bonds. The molecule has 3 aromatic rings. The van der Waals surface area contributed by atoms with Gasteiger partial charge in [0.05, 0.1) is 31.8 Å². The van der Waals surface area contributed by atoms with Crippen LogP contribution in [-0.2, 0) is 19.5 Å². The van der Waals surface area contributed by atoms with Crippen LogP contribution in [-0.4, -0.2) is 63.8 Å². The number of nitrogens with one attached hydrogen (secondary N) is 1. The van der Waals surface area contributed by atoms with E-state index in [4.69, 9.17) is 9.47 Å². The first-order valence-electron chi connectivity index (χ1n) is 11.7. The Morgan fingerprint density at radius 1 is 1.18 bits per heavy atom. The van der Waals surface area contributed by atoms with Gasteiger partial charge < -0.3 is 19.7 Å². The van der Waals surface area contributed by atoms with Crippen molar-refractivity contribution in [2.45, 2.75) is 44.8 Å². The van der Waals surface area contributed by atoms with Crippen molar-refractivity contribution in [1.29, 1.82) is 0 Å². The quantitative estimate of drug-likeness (QED) is 0.582. The zero-order chi connectivity index (χ0) is 22.6. The monoisotopic (exact) mass is 450 g/mol. The second-order valence-electron chi connectivity index (χ2n) is 8.68. The average Bonchev–Trinajstić information content (AvgIpc) is 2.87. The third-order valence-corrected chi connectivity index (χ3v) is 6.53. The lowest BCUT2D eigenvalue weighted by atomic mass is 10.0. The van der Waals surface area contributed by atoms with Crippen LogP contribution < -0.4 is 20.3 Å². The molecule has 3 aromatic heterocycles. The highest BCUT2D eigenvalue weighted by Crippen LogP contribution is 2.24. The molecule has 0 unspecified atom stereocenters. The van der Waals surface area contributed by atoms with Crippen LogP contribution in [0, 0.1) is 0 Å². The third kappa shape index (κ3) is 4.99. The number of nitrogens with zero attached hydrogens (tertiary/aromatic N) is 5. The van der Waals surface area contributed by atoms with Gasteiger partial charge in [0.1, 0.15) is 11.3 Å². The van der Waals surface area contributed by atoms with Crippen molar-refractivity contribution in [3.8, 4) is 11.6 Å². The number of aryl methyl sites for hydroxylation is 1. The summed E-state index contributed by atoms with van der Waals surface area (Å²) >= 11 is 0. The highest BCUT2D eigenvalue weighted by molar-refractivity contribution is 5.70. The van der Waals surface area contributed by atoms with Crippen LogP contribution in [0.5, 0.6) is 11.6 Å². The van der Waals surface area contributed by atoms with Crippen molar-refractivity contribution in [2.24, 2.45) is 0 Å². The lowest BCUT2D eigenvalue weighted by molar-refractivity contribution is 0.191. The molecule has 0 spiro atoms. The standard InChI is InChI=1S/C24H30N6O3/c1-32-22-16-27-20-4-5-23(31)30(24(20)28-22)11-10-29-8-6-18(7-9-29)25-14-19-13-17-3-2-12-33-21(17)15-26-19/h4-5,13,15-16,18,25H,2-3,6-12,14H2,1H3. The van der Waals surface area contributed by atoms with Crippen molar-refractivity contribution in [1.82, 2.24) is 29.7 Å². The predicted molar refractivity (Wildman–Crippen MR) is 125 cm³/mol. The van der Waals surface area contributed by atoms with Crippen molar-refractivity contribution in [3.05, 3.63) is 52.2 Å². The van der Waals surface area contributed by atoms with Gasteiger partial charge in [-0.25, -0.2) is 4.98 Å². The lowest BCUT2D eigenvalue weighted by Gasteiger charge is -2.32. The Morgan fingerprint density at radius 3 is 2.91 bits per heavy atom. The Hall–Kier alpha value is -3.04. The number of rotatable bonds is 7. The molecule has 0 aliphatic carbocycles. The Balaban J connectivity index is 1.13. The topological polar surface area (TPSA) is 94.4 Å². The summed E-state index contributed by atoms with van der Waals surface area (Å²) in [5.74, 6) is 1.35. The van der Waals surface area contributed by atoms with Crippen molar-refractivity contribution in [3.63, 3.8) is 0 Å². The SMILES string of the molecule is COc1cnc2ccc(=O)n(CCN3CCC(NCc4cc5c(cn4)OCCC5)CC3)c2n1. The zero-order valence-electron chi connectivity index (χ0n) is 19.0. The second-order valence-corrected chi connectivity index (χ2v) is 8.68. The number of fused-ring (bicyclic) bond motifs is 2. The fourth-order valence-electron chi connectivity index (χ4n) is 4.60. The minimum Gasteiger partial charge on any atom is -0.492 e. The number of aromatic nitrogens is 4. The molecule has 0 aromatic carbocycles. The maximum Gasteiger partial charge on any atom is 0.252 e. The van der Waals surface area contributed by atoms with E-state index < -0.39 is 0 Å². The normalized spacial score (nSPS) is 17.0. The molecule has 174 valence electrons. The summed E-state index contributed by atoms with van der Waals surface area (Å²) < 4.78 is 12.5. The van der Waals surface area contributed by atoms with Crippen molar-refractivity contribution >= 4 is 11.2 Å². The first kappa shape index (κ1) is 21.8. The van der Waals surface area contributed by atoms with Gasteiger partial charge in [-0.2, -0.15) is 4.98 Å². The molecule has 9 heteroatoms. The minimum absolute atomic E-state index is 0.0652. The number of methoxy groups -OCH3 is 1. The van der Waals surface area contributed by atoms with E-state index in [9.17, 15) is 4.79 Å². The van der Waals surface area contributed by atoms with Crippen LogP contribution in [0.4, 0.5) is 0 Å². The maximum atomic E-state index is 12.5. The highest BCUT2D eigenvalue weighted by atomic mass is 16.5. The van der Waals surface area contributed by atoms with Crippen LogP contribution in [0.2, 0.25) is 0 Å². The highest BCUT2D eigenvalue weighted by Gasteiger charge is 2.20. The van der Waals surface area contributed by atoms with Gasteiger partial charge in [-0.15, -0.1) is 0 Å². The molecule has 1 fully saturated rings. The summed E-state index contributed by atoms with van der Waals surface area (Å²) in [5.41, 5.74) is 3.55. The van der Waals surface area contributed by atoms with E-state index in [-0.39, 0.29) is 5.56 Å². The molecule has 1 saturated heterocycles. The fraction of sp³-hybridized carbons (Fsp3) is 0.500. The van der Waals surface area contributed by atoms with Crippen molar-refractivity contribution < 1.29 is 9.47 Å². The molecular formula is C24H30N6O3. The molecule has 2 aliphatic rings. The number of hydrogen-bond acceptors (Lipinski definition) is 8.